The molecular weight excluding hydrogens is 320 g/mol. The highest BCUT2D eigenvalue weighted by molar-refractivity contribution is 5.46. The topological polar surface area (TPSA) is 31.4 Å². The Morgan fingerprint density at radius 1 is 1.08 bits per heavy atom. The van der Waals surface area contributed by atoms with Crippen LogP contribution < -0.4 is 10.2 Å². The van der Waals surface area contributed by atoms with Crippen LogP contribution in [0.15, 0.2) is 18.3 Å². The van der Waals surface area contributed by atoms with Gasteiger partial charge in [0.05, 0.1) is 23.1 Å². The quantitative estimate of drug-likeness (QED) is 0.893. The minimum Gasteiger partial charge on any atom is -0.370 e. The van der Waals surface area contributed by atoms with Crippen molar-refractivity contribution in [1.29, 1.82) is 0 Å². The van der Waals surface area contributed by atoms with Gasteiger partial charge in [0.1, 0.15) is 0 Å². The molecule has 0 aromatic carbocycles. The molecule has 2 aliphatic heterocycles. The standard InChI is InChI=1S/C22H36N4/c1-21(2,3)17-7-12-26(16-17)18-8-13-25(14-9-18)19-5-6-20(24-15-19)22(23-4)10-11-22/h5-6,15,17-18,23H,7-14,16H2,1-4H3. The molecule has 1 aliphatic carbocycles. The maximum atomic E-state index is 4.78. The lowest BCUT2D eigenvalue weighted by atomic mass is 9.80. The van der Waals surface area contributed by atoms with E-state index in [1.165, 1.54) is 69.7 Å². The van der Waals surface area contributed by atoms with Crippen molar-refractivity contribution < 1.29 is 0 Å². The first kappa shape index (κ1) is 18.2. The molecule has 144 valence electrons. The zero-order valence-electron chi connectivity index (χ0n) is 17.1. The SMILES string of the molecule is CNC1(c2ccc(N3CCC(N4CCC(C(C)(C)C)C4)CC3)cn2)CC1. The Kier molecular flexibility index (Phi) is 4.77. The average molecular weight is 357 g/mol. The number of nitrogens with one attached hydrogen (secondary N) is 1. The minimum atomic E-state index is 0.172. The lowest BCUT2D eigenvalue weighted by Crippen LogP contribution is -2.44. The fraction of sp³-hybridized carbons (Fsp3) is 0.773. The number of anilines is 1. The second-order valence-corrected chi connectivity index (χ2v) is 9.80. The molecule has 0 spiro atoms. The first-order valence-electron chi connectivity index (χ1n) is 10.6. The van der Waals surface area contributed by atoms with Gasteiger partial charge in [0.25, 0.3) is 0 Å². The monoisotopic (exact) mass is 356 g/mol. The van der Waals surface area contributed by atoms with Gasteiger partial charge in [-0.3, -0.25) is 9.88 Å². The summed E-state index contributed by atoms with van der Waals surface area (Å²) in [7, 11) is 2.05. The van der Waals surface area contributed by atoms with Crippen molar-refractivity contribution in [2.24, 2.45) is 11.3 Å². The molecule has 4 heteroatoms. The predicted molar refractivity (Wildman–Crippen MR) is 109 cm³/mol. The molecule has 3 heterocycles. The third kappa shape index (κ3) is 3.50. The zero-order valence-corrected chi connectivity index (χ0v) is 17.1. The number of nitrogens with zero attached hydrogens (tertiary/aromatic N) is 3. The van der Waals surface area contributed by atoms with Crippen molar-refractivity contribution in [3.05, 3.63) is 24.0 Å². The van der Waals surface area contributed by atoms with Gasteiger partial charge >= 0.3 is 0 Å². The third-order valence-electron chi connectivity index (χ3n) is 7.26. The second-order valence-electron chi connectivity index (χ2n) is 9.80. The van der Waals surface area contributed by atoms with Crippen LogP contribution in [0.5, 0.6) is 0 Å². The van der Waals surface area contributed by atoms with Gasteiger partial charge in [0.15, 0.2) is 0 Å². The molecule has 2 saturated heterocycles. The van der Waals surface area contributed by atoms with Crippen LogP contribution >= 0.6 is 0 Å². The highest BCUT2D eigenvalue weighted by Gasteiger charge is 2.44. The van der Waals surface area contributed by atoms with E-state index in [1.54, 1.807) is 0 Å². The summed E-state index contributed by atoms with van der Waals surface area (Å²) in [5, 5.41) is 3.44. The second kappa shape index (κ2) is 6.79. The van der Waals surface area contributed by atoms with Crippen LogP contribution in [0.4, 0.5) is 5.69 Å². The molecule has 0 bridgehead atoms. The van der Waals surface area contributed by atoms with Gasteiger partial charge in [-0.15, -0.1) is 0 Å². The van der Waals surface area contributed by atoms with Crippen LogP contribution in [0.2, 0.25) is 0 Å². The fourth-order valence-corrected chi connectivity index (χ4v) is 4.93. The summed E-state index contributed by atoms with van der Waals surface area (Å²) in [6.07, 6.45) is 8.48. The Hall–Kier alpha value is -1.13. The van der Waals surface area contributed by atoms with Crippen LogP contribution in [0.3, 0.4) is 0 Å². The molecular formula is C22H36N4. The van der Waals surface area contributed by atoms with Gasteiger partial charge in [-0.1, -0.05) is 20.8 Å². The Bertz CT molecular complexity index is 606. The van der Waals surface area contributed by atoms with Gasteiger partial charge in [-0.2, -0.15) is 0 Å². The summed E-state index contributed by atoms with van der Waals surface area (Å²) in [6, 6.07) is 5.30. The largest absolute Gasteiger partial charge is 0.370 e. The molecule has 1 aromatic rings. The molecule has 1 unspecified atom stereocenters. The normalized spacial score (nSPS) is 27.1. The molecule has 26 heavy (non-hydrogen) atoms. The fourth-order valence-electron chi connectivity index (χ4n) is 4.93. The highest BCUT2D eigenvalue weighted by atomic mass is 15.2. The average Bonchev–Trinajstić information content (AvgIpc) is 3.28. The maximum Gasteiger partial charge on any atom is 0.0607 e. The van der Waals surface area contributed by atoms with Crippen molar-refractivity contribution >= 4 is 5.69 Å². The van der Waals surface area contributed by atoms with Gasteiger partial charge in [-0.25, -0.2) is 0 Å². The van der Waals surface area contributed by atoms with E-state index in [2.05, 4.69) is 61.3 Å². The molecule has 4 rings (SSSR count). The summed E-state index contributed by atoms with van der Waals surface area (Å²) in [5.74, 6) is 0.860. The lowest BCUT2D eigenvalue weighted by Gasteiger charge is -2.38. The molecule has 1 aromatic heterocycles. The van der Waals surface area contributed by atoms with Crippen LogP contribution in [0.1, 0.15) is 58.6 Å². The van der Waals surface area contributed by atoms with Crippen molar-refractivity contribution in [3.63, 3.8) is 0 Å². The summed E-state index contributed by atoms with van der Waals surface area (Å²) >= 11 is 0. The summed E-state index contributed by atoms with van der Waals surface area (Å²) in [6.45, 7) is 12.1. The summed E-state index contributed by atoms with van der Waals surface area (Å²) in [5.41, 5.74) is 3.14. The number of rotatable bonds is 4. The number of pyridine rings is 1. The van der Waals surface area contributed by atoms with Crippen molar-refractivity contribution in [2.45, 2.75) is 64.5 Å². The lowest BCUT2D eigenvalue weighted by molar-refractivity contribution is 0.174. The third-order valence-corrected chi connectivity index (χ3v) is 7.26. The smallest absolute Gasteiger partial charge is 0.0607 e. The molecule has 4 nitrogen and oxygen atoms in total. The van der Waals surface area contributed by atoms with Crippen molar-refractivity contribution in [3.8, 4) is 0 Å². The number of hydrogen-bond donors (Lipinski definition) is 1. The highest BCUT2D eigenvalue weighted by Crippen LogP contribution is 2.44. The molecule has 0 radical (unpaired) electrons. The van der Waals surface area contributed by atoms with Crippen LogP contribution in [0.25, 0.3) is 0 Å². The van der Waals surface area contributed by atoms with Gasteiger partial charge in [0, 0.05) is 25.7 Å². The van der Waals surface area contributed by atoms with Gasteiger partial charge < -0.3 is 10.2 Å². The minimum absolute atomic E-state index is 0.172. The Morgan fingerprint density at radius 2 is 1.81 bits per heavy atom. The predicted octanol–water partition coefficient (Wildman–Crippen LogP) is 3.63. The number of likely N-dealkylation sites (tertiary alicyclic amines) is 1. The Balaban J connectivity index is 1.31. The first-order valence-corrected chi connectivity index (χ1v) is 10.6. The van der Waals surface area contributed by atoms with Crippen LogP contribution in [-0.4, -0.2) is 49.2 Å². The summed E-state index contributed by atoms with van der Waals surface area (Å²) < 4.78 is 0. The van der Waals surface area contributed by atoms with Gasteiger partial charge in [0.2, 0.25) is 0 Å². The summed E-state index contributed by atoms with van der Waals surface area (Å²) in [4.78, 5) is 10.1. The first-order chi connectivity index (χ1) is 12.4. The zero-order chi connectivity index (χ0) is 18.4. The van der Waals surface area contributed by atoms with Crippen molar-refractivity contribution in [1.82, 2.24) is 15.2 Å². The van der Waals surface area contributed by atoms with E-state index in [4.69, 9.17) is 4.98 Å². The molecule has 3 aliphatic rings. The van der Waals surface area contributed by atoms with E-state index in [0.717, 1.165) is 12.0 Å². The van der Waals surface area contributed by atoms with E-state index < -0.39 is 0 Å². The number of piperidine rings is 1. The molecule has 1 atom stereocenters. The number of aromatic nitrogens is 1. The van der Waals surface area contributed by atoms with E-state index in [-0.39, 0.29) is 5.54 Å². The Labute approximate surface area is 159 Å². The Morgan fingerprint density at radius 3 is 2.31 bits per heavy atom. The van der Waals surface area contributed by atoms with Gasteiger partial charge in [-0.05, 0) is 69.2 Å². The van der Waals surface area contributed by atoms with E-state index >= 15 is 0 Å². The van der Waals surface area contributed by atoms with E-state index in [0.29, 0.717) is 5.41 Å². The van der Waals surface area contributed by atoms with E-state index in [9.17, 15) is 0 Å². The van der Waals surface area contributed by atoms with Crippen LogP contribution in [0, 0.1) is 11.3 Å². The van der Waals surface area contributed by atoms with Crippen LogP contribution in [-0.2, 0) is 5.54 Å². The molecule has 1 saturated carbocycles. The molecule has 0 amide bonds. The van der Waals surface area contributed by atoms with Crippen molar-refractivity contribution in [2.75, 3.05) is 38.1 Å². The number of hydrogen-bond acceptors (Lipinski definition) is 4. The molecule has 3 fully saturated rings. The van der Waals surface area contributed by atoms with E-state index in [1.807, 2.05) is 0 Å². The maximum absolute atomic E-state index is 4.78. The molecule has 1 N–H and O–H groups in total.